The van der Waals surface area contributed by atoms with Crippen LogP contribution in [-0.2, 0) is 5.54 Å². The summed E-state index contributed by atoms with van der Waals surface area (Å²) in [6.07, 6.45) is 2.73. The van der Waals surface area contributed by atoms with E-state index in [2.05, 4.69) is 0 Å². The molecule has 0 atom stereocenters. The maximum absolute atomic E-state index is 14.0. The molecule has 0 radical (unpaired) electrons. The minimum atomic E-state index is -0.495. The Morgan fingerprint density at radius 1 is 1.27 bits per heavy atom. The first-order valence-electron chi connectivity index (χ1n) is 5.08. The molecule has 3 nitrogen and oxygen atoms in total. The van der Waals surface area contributed by atoms with Gasteiger partial charge in [0.05, 0.1) is 0 Å². The molecule has 15 heavy (non-hydrogen) atoms. The second kappa shape index (κ2) is 2.85. The summed E-state index contributed by atoms with van der Waals surface area (Å²) in [5.74, 6) is 0.329. The summed E-state index contributed by atoms with van der Waals surface area (Å²) in [5.41, 5.74) is 6.14. The summed E-state index contributed by atoms with van der Waals surface area (Å²) >= 11 is 0. The Bertz CT molecular complexity index is 415. The molecule has 1 heterocycles. The van der Waals surface area contributed by atoms with Crippen molar-refractivity contribution in [3.05, 3.63) is 23.5 Å². The van der Waals surface area contributed by atoms with Crippen molar-refractivity contribution in [1.82, 2.24) is 0 Å². The molecule has 0 bridgehead atoms. The molecule has 1 aliphatic carbocycles. The molecule has 1 aliphatic heterocycles. The fourth-order valence-electron chi connectivity index (χ4n) is 2.15. The van der Waals surface area contributed by atoms with Crippen LogP contribution in [0.4, 0.5) is 4.39 Å². The van der Waals surface area contributed by atoms with Gasteiger partial charge < -0.3 is 15.2 Å². The summed E-state index contributed by atoms with van der Waals surface area (Å²) in [6.45, 7) is 0.0906. The van der Waals surface area contributed by atoms with Gasteiger partial charge in [0.15, 0.2) is 11.6 Å². The number of halogens is 1. The van der Waals surface area contributed by atoms with Crippen LogP contribution in [0.25, 0.3) is 0 Å². The van der Waals surface area contributed by atoms with E-state index < -0.39 is 5.54 Å². The van der Waals surface area contributed by atoms with Crippen LogP contribution in [0.2, 0.25) is 0 Å². The van der Waals surface area contributed by atoms with Gasteiger partial charge in [0, 0.05) is 11.1 Å². The molecule has 1 aromatic rings. The first kappa shape index (κ1) is 8.97. The Labute approximate surface area is 87.0 Å². The monoisotopic (exact) mass is 209 g/mol. The lowest BCUT2D eigenvalue weighted by Gasteiger charge is -2.38. The quantitative estimate of drug-likeness (QED) is 0.768. The average Bonchev–Trinajstić information content (AvgIpc) is 2.64. The van der Waals surface area contributed by atoms with Crippen molar-refractivity contribution in [2.45, 2.75) is 24.8 Å². The van der Waals surface area contributed by atoms with Crippen LogP contribution in [-0.4, -0.2) is 6.79 Å². The number of hydrogen-bond donors (Lipinski definition) is 1. The number of hydrogen-bond acceptors (Lipinski definition) is 3. The topological polar surface area (TPSA) is 44.5 Å². The highest BCUT2D eigenvalue weighted by Crippen LogP contribution is 2.45. The van der Waals surface area contributed by atoms with E-state index in [1.165, 1.54) is 0 Å². The SMILES string of the molecule is NC1(c2ccc3c(c2F)OCO3)CCC1. The third-order valence-electron chi connectivity index (χ3n) is 3.26. The number of rotatable bonds is 1. The lowest BCUT2D eigenvalue weighted by Crippen LogP contribution is -2.44. The molecule has 1 saturated carbocycles. The van der Waals surface area contributed by atoms with Crippen molar-refractivity contribution in [2.24, 2.45) is 5.73 Å². The van der Waals surface area contributed by atoms with Gasteiger partial charge in [-0.3, -0.25) is 0 Å². The molecule has 0 unspecified atom stereocenters. The van der Waals surface area contributed by atoms with Gasteiger partial charge in [-0.15, -0.1) is 0 Å². The second-order valence-electron chi connectivity index (χ2n) is 4.17. The van der Waals surface area contributed by atoms with E-state index in [0.717, 1.165) is 19.3 Å². The fourth-order valence-corrected chi connectivity index (χ4v) is 2.15. The molecule has 0 saturated heterocycles. The van der Waals surface area contributed by atoms with Gasteiger partial charge in [0.2, 0.25) is 12.5 Å². The predicted molar refractivity (Wildman–Crippen MR) is 52.2 cm³/mol. The lowest BCUT2D eigenvalue weighted by atomic mass is 9.72. The van der Waals surface area contributed by atoms with E-state index in [0.29, 0.717) is 11.3 Å². The van der Waals surface area contributed by atoms with Crippen LogP contribution in [0, 0.1) is 5.82 Å². The van der Waals surface area contributed by atoms with Gasteiger partial charge in [-0.05, 0) is 25.3 Å². The van der Waals surface area contributed by atoms with E-state index in [-0.39, 0.29) is 18.4 Å². The average molecular weight is 209 g/mol. The van der Waals surface area contributed by atoms with Crippen LogP contribution >= 0.6 is 0 Å². The van der Waals surface area contributed by atoms with Crippen molar-refractivity contribution in [3.8, 4) is 11.5 Å². The van der Waals surface area contributed by atoms with E-state index in [9.17, 15) is 4.39 Å². The number of nitrogens with two attached hydrogens (primary N) is 1. The van der Waals surface area contributed by atoms with Crippen molar-refractivity contribution in [2.75, 3.05) is 6.79 Å². The molecule has 80 valence electrons. The highest BCUT2D eigenvalue weighted by molar-refractivity contribution is 5.48. The predicted octanol–water partition coefficient (Wildman–Crippen LogP) is 1.89. The van der Waals surface area contributed by atoms with Gasteiger partial charge in [-0.1, -0.05) is 6.07 Å². The van der Waals surface area contributed by atoms with Crippen molar-refractivity contribution in [1.29, 1.82) is 0 Å². The summed E-state index contributed by atoms with van der Waals surface area (Å²) in [7, 11) is 0. The van der Waals surface area contributed by atoms with E-state index in [1.54, 1.807) is 12.1 Å². The Morgan fingerprint density at radius 2 is 2.07 bits per heavy atom. The zero-order valence-electron chi connectivity index (χ0n) is 8.25. The maximum Gasteiger partial charge on any atom is 0.231 e. The van der Waals surface area contributed by atoms with E-state index >= 15 is 0 Å². The molecule has 1 fully saturated rings. The first-order chi connectivity index (χ1) is 7.21. The molecular weight excluding hydrogens is 197 g/mol. The normalized spacial score (nSPS) is 21.2. The van der Waals surface area contributed by atoms with Crippen LogP contribution in [0.15, 0.2) is 12.1 Å². The number of fused-ring (bicyclic) bond motifs is 1. The maximum atomic E-state index is 14.0. The van der Waals surface area contributed by atoms with Crippen molar-refractivity contribution in [3.63, 3.8) is 0 Å². The third-order valence-corrected chi connectivity index (χ3v) is 3.26. The lowest BCUT2D eigenvalue weighted by molar-refractivity contribution is 0.170. The molecule has 0 amide bonds. The second-order valence-corrected chi connectivity index (χ2v) is 4.17. The standard InChI is InChI=1S/C11H12FNO2/c12-9-7(11(13)4-1-5-11)2-3-8-10(9)15-6-14-8/h2-3H,1,4-6,13H2. The Hall–Kier alpha value is -1.29. The molecular formula is C11H12FNO2. The summed E-state index contributed by atoms with van der Waals surface area (Å²) in [6, 6.07) is 3.44. The highest BCUT2D eigenvalue weighted by atomic mass is 19.1. The van der Waals surface area contributed by atoms with Crippen molar-refractivity contribution < 1.29 is 13.9 Å². The van der Waals surface area contributed by atoms with Crippen LogP contribution in [0.5, 0.6) is 11.5 Å². The zero-order chi connectivity index (χ0) is 10.5. The van der Waals surface area contributed by atoms with Crippen molar-refractivity contribution >= 4 is 0 Å². The van der Waals surface area contributed by atoms with Gasteiger partial charge in [-0.25, -0.2) is 4.39 Å². The van der Waals surface area contributed by atoms with Crippen LogP contribution < -0.4 is 15.2 Å². The highest BCUT2D eigenvalue weighted by Gasteiger charge is 2.38. The minimum absolute atomic E-state index is 0.0906. The number of benzene rings is 1. The molecule has 0 spiro atoms. The smallest absolute Gasteiger partial charge is 0.231 e. The summed E-state index contributed by atoms with van der Waals surface area (Å²) < 4.78 is 24.2. The van der Waals surface area contributed by atoms with Gasteiger partial charge >= 0.3 is 0 Å². The zero-order valence-corrected chi connectivity index (χ0v) is 8.25. The third kappa shape index (κ3) is 1.14. The first-order valence-corrected chi connectivity index (χ1v) is 5.08. The Morgan fingerprint density at radius 3 is 2.73 bits per heavy atom. The largest absolute Gasteiger partial charge is 0.453 e. The molecule has 0 aromatic heterocycles. The summed E-state index contributed by atoms with van der Waals surface area (Å²) in [4.78, 5) is 0. The molecule has 2 N–H and O–H groups in total. The fraction of sp³-hybridized carbons (Fsp3) is 0.455. The van der Waals surface area contributed by atoms with Gasteiger partial charge in [0.25, 0.3) is 0 Å². The molecule has 2 aliphatic rings. The van der Waals surface area contributed by atoms with Crippen LogP contribution in [0.3, 0.4) is 0 Å². The minimum Gasteiger partial charge on any atom is -0.453 e. The van der Waals surface area contributed by atoms with Gasteiger partial charge in [0.1, 0.15) is 0 Å². The van der Waals surface area contributed by atoms with E-state index in [1.807, 2.05) is 0 Å². The molecule has 3 rings (SSSR count). The Balaban J connectivity index is 2.10. The van der Waals surface area contributed by atoms with Crippen LogP contribution in [0.1, 0.15) is 24.8 Å². The Kier molecular flexibility index (Phi) is 1.71. The van der Waals surface area contributed by atoms with E-state index in [4.69, 9.17) is 15.2 Å². The molecule has 4 heteroatoms. The van der Waals surface area contributed by atoms with Gasteiger partial charge in [-0.2, -0.15) is 0 Å². The molecule has 1 aromatic carbocycles. The number of ether oxygens (including phenoxy) is 2. The summed E-state index contributed by atoms with van der Waals surface area (Å²) in [5, 5.41) is 0.